The first-order valence-corrected chi connectivity index (χ1v) is 7.11. The number of thioether (sulfide) groups is 1. The maximum atomic E-state index is 3.45. The van der Waals surface area contributed by atoms with E-state index >= 15 is 0 Å². The average Bonchev–Trinajstić information content (AvgIpc) is 2.18. The fourth-order valence-corrected chi connectivity index (χ4v) is 2.60. The fraction of sp³-hybridized carbons (Fsp3) is 0.500. The van der Waals surface area contributed by atoms with Crippen LogP contribution in [0.2, 0.25) is 0 Å². The van der Waals surface area contributed by atoms with Crippen molar-refractivity contribution in [1.82, 2.24) is 0 Å². The molecule has 0 aromatic heterocycles. The number of hydrogen-bond acceptors (Lipinski definition) is 1. The zero-order chi connectivity index (χ0) is 10.4. The first-order valence-electron chi connectivity index (χ1n) is 5.00. The highest BCUT2D eigenvalue weighted by Gasteiger charge is 1.96. The standard InChI is InChI=1S/C12H17BrS/c1-10-5-6-12(9-11(10)2)14-8-4-3-7-13/h5-6,9H,3-4,7-8H2,1-2H3. The van der Waals surface area contributed by atoms with E-state index in [1.807, 2.05) is 11.8 Å². The van der Waals surface area contributed by atoms with Crippen molar-refractivity contribution in [3.63, 3.8) is 0 Å². The molecule has 0 N–H and O–H groups in total. The topological polar surface area (TPSA) is 0 Å². The van der Waals surface area contributed by atoms with E-state index in [2.05, 4.69) is 48.0 Å². The minimum atomic E-state index is 1.13. The van der Waals surface area contributed by atoms with E-state index in [1.165, 1.54) is 34.6 Å². The molecule has 0 spiro atoms. The van der Waals surface area contributed by atoms with Gasteiger partial charge in [0.1, 0.15) is 0 Å². The summed E-state index contributed by atoms with van der Waals surface area (Å²) in [6.45, 7) is 4.34. The van der Waals surface area contributed by atoms with E-state index < -0.39 is 0 Å². The van der Waals surface area contributed by atoms with Crippen LogP contribution in [-0.4, -0.2) is 11.1 Å². The molecule has 0 amide bonds. The third-order valence-electron chi connectivity index (χ3n) is 2.28. The lowest BCUT2D eigenvalue weighted by atomic mass is 10.1. The number of aryl methyl sites for hydroxylation is 2. The lowest BCUT2D eigenvalue weighted by molar-refractivity contribution is 0.913. The van der Waals surface area contributed by atoms with E-state index in [9.17, 15) is 0 Å². The van der Waals surface area contributed by atoms with E-state index in [0.29, 0.717) is 0 Å². The molecule has 0 radical (unpaired) electrons. The van der Waals surface area contributed by atoms with Gasteiger partial charge in [-0.05, 0) is 55.7 Å². The van der Waals surface area contributed by atoms with Gasteiger partial charge in [-0.1, -0.05) is 22.0 Å². The summed E-state index contributed by atoms with van der Waals surface area (Å²) < 4.78 is 0. The molecule has 0 bridgehead atoms. The molecule has 0 saturated carbocycles. The normalized spacial score (nSPS) is 10.5. The number of hydrogen-bond donors (Lipinski definition) is 0. The predicted octanol–water partition coefficient (Wildman–Crippen LogP) is 4.57. The van der Waals surface area contributed by atoms with Gasteiger partial charge in [0.15, 0.2) is 0 Å². The van der Waals surface area contributed by atoms with Crippen LogP contribution in [-0.2, 0) is 0 Å². The van der Waals surface area contributed by atoms with Crippen molar-refractivity contribution < 1.29 is 0 Å². The molecule has 0 nitrogen and oxygen atoms in total. The van der Waals surface area contributed by atoms with Crippen molar-refractivity contribution in [2.75, 3.05) is 11.1 Å². The van der Waals surface area contributed by atoms with Crippen molar-refractivity contribution in [2.45, 2.75) is 31.6 Å². The van der Waals surface area contributed by atoms with E-state index in [4.69, 9.17) is 0 Å². The van der Waals surface area contributed by atoms with Crippen LogP contribution < -0.4 is 0 Å². The molecule has 0 aliphatic heterocycles. The minimum Gasteiger partial charge on any atom is -0.126 e. The molecule has 2 heteroatoms. The van der Waals surface area contributed by atoms with Crippen LogP contribution in [0.4, 0.5) is 0 Å². The van der Waals surface area contributed by atoms with Crippen LogP contribution in [0, 0.1) is 13.8 Å². The highest BCUT2D eigenvalue weighted by Crippen LogP contribution is 2.22. The van der Waals surface area contributed by atoms with E-state index in [1.54, 1.807) is 0 Å². The van der Waals surface area contributed by atoms with Gasteiger partial charge in [0.25, 0.3) is 0 Å². The zero-order valence-corrected chi connectivity index (χ0v) is 11.2. The quantitative estimate of drug-likeness (QED) is 0.430. The largest absolute Gasteiger partial charge is 0.126 e. The molecule has 1 aromatic carbocycles. The van der Waals surface area contributed by atoms with Gasteiger partial charge in [0, 0.05) is 10.2 Å². The van der Waals surface area contributed by atoms with Crippen molar-refractivity contribution in [2.24, 2.45) is 0 Å². The van der Waals surface area contributed by atoms with Gasteiger partial charge in [0.05, 0.1) is 0 Å². The van der Waals surface area contributed by atoms with Crippen molar-refractivity contribution in [3.8, 4) is 0 Å². The summed E-state index contributed by atoms with van der Waals surface area (Å²) in [5.41, 5.74) is 2.78. The first kappa shape index (κ1) is 12.1. The van der Waals surface area contributed by atoms with Gasteiger partial charge >= 0.3 is 0 Å². The molecule has 0 fully saturated rings. The third-order valence-corrected chi connectivity index (χ3v) is 3.92. The Morgan fingerprint density at radius 2 is 1.93 bits per heavy atom. The number of alkyl halides is 1. The molecular weight excluding hydrogens is 256 g/mol. The maximum Gasteiger partial charge on any atom is 0.00747 e. The average molecular weight is 273 g/mol. The van der Waals surface area contributed by atoms with Crippen LogP contribution in [0.15, 0.2) is 23.1 Å². The van der Waals surface area contributed by atoms with Crippen LogP contribution in [0.3, 0.4) is 0 Å². The van der Waals surface area contributed by atoms with Gasteiger partial charge in [-0.2, -0.15) is 0 Å². The van der Waals surface area contributed by atoms with Gasteiger partial charge in [-0.15, -0.1) is 11.8 Å². The Hall–Kier alpha value is 0.0500. The Morgan fingerprint density at radius 1 is 1.14 bits per heavy atom. The SMILES string of the molecule is Cc1ccc(SCCCCBr)cc1C. The minimum absolute atomic E-state index is 1.13. The van der Waals surface area contributed by atoms with Crippen LogP contribution >= 0.6 is 27.7 Å². The summed E-state index contributed by atoms with van der Waals surface area (Å²) in [6, 6.07) is 6.72. The van der Waals surface area contributed by atoms with Gasteiger partial charge in [0.2, 0.25) is 0 Å². The maximum absolute atomic E-state index is 3.45. The molecule has 1 rings (SSSR count). The number of unbranched alkanes of at least 4 members (excludes halogenated alkanes) is 1. The number of rotatable bonds is 5. The van der Waals surface area contributed by atoms with Crippen molar-refractivity contribution in [3.05, 3.63) is 29.3 Å². The summed E-state index contributed by atoms with van der Waals surface area (Å²) in [6.07, 6.45) is 2.57. The second kappa shape index (κ2) is 6.52. The molecule has 0 saturated heterocycles. The lowest BCUT2D eigenvalue weighted by Gasteiger charge is -2.04. The van der Waals surface area contributed by atoms with Crippen molar-refractivity contribution in [1.29, 1.82) is 0 Å². The second-order valence-corrected chi connectivity index (χ2v) is 5.45. The Balaban J connectivity index is 2.39. The molecule has 0 heterocycles. The Morgan fingerprint density at radius 3 is 2.57 bits per heavy atom. The smallest absolute Gasteiger partial charge is 0.00747 e. The van der Waals surface area contributed by atoms with E-state index in [-0.39, 0.29) is 0 Å². The van der Waals surface area contributed by atoms with E-state index in [0.717, 1.165) is 5.33 Å². The Bertz CT molecular complexity index is 284. The molecule has 0 aliphatic rings. The summed E-state index contributed by atoms with van der Waals surface area (Å²) in [4.78, 5) is 1.41. The van der Waals surface area contributed by atoms with Crippen LogP contribution in [0.1, 0.15) is 24.0 Å². The summed E-state index contributed by atoms with van der Waals surface area (Å²) in [5.74, 6) is 1.23. The molecule has 1 aromatic rings. The molecule has 0 unspecified atom stereocenters. The highest BCUT2D eigenvalue weighted by molar-refractivity contribution is 9.09. The summed E-state index contributed by atoms with van der Waals surface area (Å²) >= 11 is 5.41. The van der Waals surface area contributed by atoms with Crippen LogP contribution in [0.25, 0.3) is 0 Å². The second-order valence-electron chi connectivity index (χ2n) is 3.49. The first-order chi connectivity index (χ1) is 6.74. The number of halogens is 1. The molecule has 14 heavy (non-hydrogen) atoms. The lowest BCUT2D eigenvalue weighted by Crippen LogP contribution is -1.84. The van der Waals surface area contributed by atoms with Gasteiger partial charge in [-0.3, -0.25) is 0 Å². The molecular formula is C12H17BrS. The monoisotopic (exact) mass is 272 g/mol. The predicted molar refractivity (Wildman–Crippen MR) is 69.7 cm³/mol. The Kier molecular flexibility index (Phi) is 5.64. The Labute approximate surface area is 99.6 Å². The van der Waals surface area contributed by atoms with Crippen molar-refractivity contribution >= 4 is 27.7 Å². The molecule has 78 valence electrons. The fourth-order valence-electron chi connectivity index (χ4n) is 1.19. The molecule has 0 atom stereocenters. The van der Waals surface area contributed by atoms with Gasteiger partial charge in [-0.25, -0.2) is 0 Å². The highest BCUT2D eigenvalue weighted by atomic mass is 79.9. The zero-order valence-electron chi connectivity index (χ0n) is 8.85. The van der Waals surface area contributed by atoms with Crippen LogP contribution in [0.5, 0.6) is 0 Å². The van der Waals surface area contributed by atoms with Gasteiger partial charge < -0.3 is 0 Å². The summed E-state index contributed by atoms with van der Waals surface area (Å²) in [5, 5.41) is 1.13. The molecule has 0 aliphatic carbocycles. The third kappa shape index (κ3) is 4.05. The summed E-state index contributed by atoms with van der Waals surface area (Å²) in [7, 11) is 0. The number of benzene rings is 1.